The maximum atomic E-state index is 12.3. The standard InChI is InChI=1S/C17H28BrN3OS/c1-13(19-23(22)17(2,3)4)15-7-6-14(12-16(15)18)21-10-8-20(5)9-11-21/h6-7,12-13,19H,8-11H2,1-5H3/t13-,23+/m0/s1. The molecule has 0 radical (unpaired) electrons. The molecule has 0 aromatic heterocycles. The van der Waals surface area contributed by atoms with Gasteiger partial charge >= 0.3 is 0 Å². The van der Waals surface area contributed by atoms with Crippen LogP contribution in [-0.2, 0) is 11.4 Å². The third kappa shape index (κ3) is 5.10. The lowest BCUT2D eigenvalue weighted by atomic mass is 10.1. The summed E-state index contributed by atoms with van der Waals surface area (Å²) >= 11 is 2.61. The molecule has 1 fully saturated rings. The summed E-state index contributed by atoms with van der Waals surface area (Å²) in [5.41, 5.74) is 2.39. The van der Waals surface area contributed by atoms with Crippen LogP contribution in [0, 0.1) is 0 Å². The molecule has 2 rings (SSSR count). The van der Waals surface area contributed by atoms with Gasteiger partial charge in [0.2, 0.25) is 0 Å². The van der Waals surface area contributed by atoms with E-state index in [-0.39, 0.29) is 10.8 Å². The number of hydrogen-bond donors (Lipinski definition) is 1. The average Bonchev–Trinajstić information content (AvgIpc) is 2.46. The van der Waals surface area contributed by atoms with E-state index in [2.05, 4.69) is 62.6 Å². The fraction of sp³-hybridized carbons (Fsp3) is 0.647. The first-order valence-electron chi connectivity index (χ1n) is 8.09. The number of anilines is 1. The molecule has 2 atom stereocenters. The number of likely N-dealkylation sites (N-methyl/N-ethyl adjacent to an activating group) is 1. The third-order valence-corrected chi connectivity index (χ3v) is 6.53. The Kier molecular flexibility index (Phi) is 6.42. The quantitative estimate of drug-likeness (QED) is 0.785. The lowest BCUT2D eigenvalue weighted by Crippen LogP contribution is -2.44. The summed E-state index contributed by atoms with van der Waals surface area (Å²) in [5.74, 6) is 0. The van der Waals surface area contributed by atoms with Crippen molar-refractivity contribution in [1.82, 2.24) is 9.62 Å². The zero-order valence-electron chi connectivity index (χ0n) is 14.7. The smallest absolute Gasteiger partial charge is 0.136 e. The number of piperazine rings is 1. The van der Waals surface area contributed by atoms with Crippen molar-refractivity contribution in [3.8, 4) is 0 Å². The van der Waals surface area contributed by atoms with Crippen LogP contribution in [0.25, 0.3) is 0 Å². The van der Waals surface area contributed by atoms with Gasteiger partial charge in [0.1, 0.15) is 4.75 Å². The van der Waals surface area contributed by atoms with E-state index in [0.29, 0.717) is 0 Å². The molecule has 23 heavy (non-hydrogen) atoms. The van der Waals surface area contributed by atoms with Gasteiger partial charge in [0, 0.05) is 47.7 Å². The minimum Gasteiger partial charge on any atom is -0.598 e. The minimum atomic E-state index is -1.08. The summed E-state index contributed by atoms with van der Waals surface area (Å²) < 4.78 is 16.3. The Morgan fingerprint density at radius 1 is 1.22 bits per heavy atom. The molecular weight excluding hydrogens is 374 g/mol. The number of nitrogens with zero attached hydrogens (tertiary/aromatic N) is 2. The third-order valence-electron chi connectivity index (χ3n) is 4.16. The van der Waals surface area contributed by atoms with Crippen LogP contribution in [0.15, 0.2) is 22.7 Å². The maximum absolute atomic E-state index is 12.3. The van der Waals surface area contributed by atoms with Crippen LogP contribution in [0.3, 0.4) is 0 Å². The Morgan fingerprint density at radius 3 is 2.35 bits per heavy atom. The van der Waals surface area contributed by atoms with Crippen molar-refractivity contribution in [2.75, 3.05) is 38.1 Å². The lowest BCUT2D eigenvalue weighted by Gasteiger charge is -2.34. The van der Waals surface area contributed by atoms with Crippen LogP contribution in [0.1, 0.15) is 39.3 Å². The number of nitrogens with one attached hydrogen (secondary N) is 1. The van der Waals surface area contributed by atoms with Gasteiger partial charge < -0.3 is 14.4 Å². The molecule has 0 amide bonds. The second kappa shape index (κ2) is 7.74. The molecule has 0 saturated carbocycles. The summed E-state index contributed by atoms with van der Waals surface area (Å²) in [6.07, 6.45) is 0. The van der Waals surface area contributed by atoms with Crippen molar-refractivity contribution in [3.63, 3.8) is 0 Å². The van der Waals surface area contributed by atoms with Crippen LogP contribution >= 0.6 is 15.9 Å². The van der Waals surface area contributed by atoms with Gasteiger partial charge in [-0.3, -0.25) is 0 Å². The van der Waals surface area contributed by atoms with Crippen molar-refractivity contribution < 1.29 is 4.55 Å². The van der Waals surface area contributed by atoms with Crippen molar-refractivity contribution in [1.29, 1.82) is 0 Å². The molecule has 1 heterocycles. The van der Waals surface area contributed by atoms with Crippen LogP contribution in [0.2, 0.25) is 0 Å². The maximum Gasteiger partial charge on any atom is 0.136 e. The number of benzene rings is 1. The van der Waals surface area contributed by atoms with Gasteiger partial charge in [0.15, 0.2) is 0 Å². The van der Waals surface area contributed by atoms with E-state index in [4.69, 9.17) is 0 Å². The number of rotatable bonds is 4. The van der Waals surface area contributed by atoms with E-state index in [1.165, 1.54) is 5.69 Å². The number of halogens is 1. The fourth-order valence-electron chi connectivity index (χ4n) is 2.53. The highest BCUT2D eigenvalue weighted by molar-refractivity contribution is 9.10. The second-order valence-corrected chi connectivity index (χ2v) is 10.1. The predicted molar refractivity (Wildman–Crippen MR) is 103 cm³/mol. The van der Waals surface area contributed by atoms with E-state index >= 15 is 0 Å². The first kappa shape index (κ1) is 19.1. The van der Waals surface area contributed by atoms with Gasteiger partial charge in [0.05, 0.1) is 6.04 Å². The van der Waals surface area contributed by atoms with Gasteiger partial charge in [-0.1, -0.05) is 22.0 Å². The molecule has 0 aliphatic carbocycles. The van der Waals surface area contributed by atoms with Crippen molar-refractivity contribution in [3.05, 3.63) is 28.2 Å². The lowest BCUT2D eigenvalue weighted by molar-refractivity contribution is 0.313. The van der Waals surface area contributed by atoms with Crippen LogP contribution < -0.4 is 9.62 Å². The Hall–Kier alpha value is -0.270. The molecule has 1 aromatic rings. The Bertz CT molecular complexity index is 527. The normalized spacial score (nSPS) is 19.7. The Morgan fingerprint density at radius 2 is 1.83 bits per heavy atom. The SMILES string of the molecule is C[C@H](N[S@+]([O-])C(C)(C)C)c1ccc(N2CCN(C)CC2)cc1Br. The second-order valence-electron chi connectivity index (χ2n) is 7.22. The molecule has 1 aliphatic heterocycles. The summed E-state index contributed by atoms with van der Waals surface area (Å²) in [5, 5.41) is 0. The predicted octanol–water partition coefficient (Wildman–Crippen LogP) is 3.31. The average molecular weight is 402 g/mol. The van der Waals surface area contributed by atoms with E-state index in [1.807, 2.05) is 20.8 Å². The highest BCUT2D eigenvalue weighted by Gasteiger charge is 2.29. The monoisotopic (exact) mass is 401 g/mol. The molecular formula is C17H28BrN3OS. The van der Waals surface area contributed by atoms with Gasteiger partial charge in [-0.15, -0.1) is 4.72 Å². The summed E-state index contributed by atoms with van der Waals surface area (Å²) in [6, 6.07) is 6.52. The number of hydrogen-bond acceptors (Lipinski definition) is 4. The van der Waals surface area contributed by atoms with E-state index < -0.39 is 11.4 Å². The van der Waals surface area contributed by atoms with Crippen molar-refractivity contribution >= 4 is 33.0 Å². The Labute approximate surface area is 152 Å². The van der Waals surface area contributed by atoms with E-state index in [0.717, 1.165) is 36.2 Å². The van der Waals surface area contributed by atoms with E-state index in [1.54, 1.807) is 0 Å². The van der Waals surface area contributed by atoms with E-state index in [9.17, 15) is 4.55 Å². The fourth-order valence-corrected chi connectivity index (χ4v) is 4.04. The van der Waals surface area contributed by atoms with Crippen molar-refractivity contribution in [2.24, 2.45) is 0 Å². The molecule has 1 aromatic carbocycles. The summed E-state index contributed by atoms with van der Waals surface area (Å²) in [6.45, 7) is 12.3. The largest absolute Gasteiger partial charge is 0.598 e. The zero-order chi connectivity index (χ0) is 17.2. The summed E-state index contributed by atoms with van der Waals surface area (Å²) in [7, 11) is 2.17. The Balaban J connectivity index is 2.07. The topological polar surface area (TPSA) is 41.6 Å². The van der Waals surface area contributed by atoms with Crippen LogP contribution in [-0.4, -0.2) is 47.4 Å². The van der Waals surface area contributed by atoms with Crippen LogP contribution in [0.5, 0.6) is 0 Å². The molecule has 1 N–H and O–H groups in total. The highest BCUT2D eigenvalue weighted by Crippen LogP contribution is 2.30. The van der Waals surface area contributed by atoms with Gasteiger partial charge in [-0.25, -0.2) is 0 Å². The van der Waals surface area contributed by atoms with Crippen molar-refractivity contribution in [2.45, 2.75) is 38.5 Å². The van der Waals surface area contributed by atoms with Crippen LogP contribution in [0.4, 0.5) is 5.69 Å². The first-order valence-corrected chi connectivity index (χ1v) is 10.0. The van der Waals surface area contributed by atoms with Gasteiger partial charge in [0.25, 0.3) is 0 Å². The van der Waals surface area contributed by atoms with Gasteiger partial charge in [-0.2, -0.15) is 0 Å². The zero-order valence-corrected chi connectivity index (χ0v) is 17.1. The van der Waals surface area contributed by atoms with Gasteiger partial charge in [-0.05, 0) is 52.4 Å². The molecule has 0 spiro atoms. The highest BCUT2D eigenvalue weighted by atomic mass is 79.9. The molecule has 4 nitrogen and oxygen atoms in total. The summed E-state index contributed by atoms with van der Waals surface area (Å²) in [4.78, 5) is 4.77. The first-order chi connectivity index (χ1) is 10.7. The molecule has 1 aliphatic rings. The minimum absolute atomic E-state index is 0.0333. The molecule has 130 valence electrons. The molecule has 0 bridgehead atoms. The molecule has 1 saturated heterocycles. The molecule has 0 unspecified atom stereocenters. The molecule has 6 heteroatoms.